The highest BCUT2D eigenvalue weighted by atomic mass is 32.2. The Bertz CT molecular complexity index is 1640. The molecule has 0 aromatic carbocycles. The maximum Gasteiger partial charge on any atom is 0.256 e. The summed E-state index contributed by atoms with van der Waals surface area (Å²) >= 11 is 0. The van der Waals surface area contributed by atoms with E-state index in [9.17, 15) is 8.42 Å². The average Bonchev–Trinajstić information content (AvgIpc) is 3.47. The van der Waals surface area contributed by atoms with Gasteiger partial charge in [0, 0.05) is 30.7 Å². The van der Waals surface area contributed by atoms with Gasteiger partial charge in [-0.25, -0.2) is 23.4 Å². The highest BCUT2D eigenvalue weighted by Gasteiger charge is 2.37. The van der Waals surface area contributed by atoms with Gasteiger partial charge in [-0.15, -0.1) is 0 Å². The topological polar surface area (TPSA) is 130 Å². The van der Waals surface area contributed by atoms with Gasteiger partial charge in [-0.3, -0.25) is 4.68 Å². The van der Waals surface area contributed by atoms with Crippen molar-refractivity contribution in [2.24, 2.45) is 0 Å². The number of pyridine rings is 1. The van der Waals surface area contributed by atoms with E-state index in [-0.39, 0.29) is 17.4 Å². The van der Waals surface area contributed by atoms with Crippen LogP contribution in [0.4, 0.5) is 11.6 Å². The van der Waals surface area contributed by atoms with E-state index >= 15 is 0 Å². The van der Waals surface area contributed by atoms with Gasteiger partial charge in [0.1, 0.15) is 17.4 Å². The Morgan fingerprint density at radius 1 is 1.08 bits per heavy atom. The van der Waals surface area contributed by atoms with Crippen molar-refractivity contribution >= 4 is 21.7 Å². The number of anilines is 2. The van der Waals surface area contributed by atoms with Gasteiger partial charge in [0.2, 0.25) is 0 Å². The largest absolute Gasteiger partial charge is 0.489 e. The molecule has 0 spiro atoms. The molecule has 1 unspecified atom stereocenters. The van der Waals surface area contributed by atoms with Crippen molar-refractivity contribution in [3.05, 3.63) is 60.4 Å². The van der Waals surface area contributed by atoms with Crippen LogP contribution in [0.15, 0.2) is 49.3 Å². The minimum absolute atomic E-state index is 0.0152. The SMILES string of the molecule is CCC(C)Oc1cc(Nc2ccnc(-c3cnn(S(=O)(=O)C4CC4)c3)n2)ncc1C#Cc1cnn(C(C)C)c1. The predicted molar refractivity (Wildman–Crippen MR) is 147 cm³/mol. The molecule has 202 valence electrons. The van der Waals surface area contributed by atoms with E-state index in [0.29, 0.717) is 47.2 Å². The maximum atomic E-state index is 12.5. The zero-order valence-electron chi connectivity index (χ0n) is 22.2. The number of nitrogens with one attached hydrogen (secondary N) is 1. The summed E-state index contributed by atoms with van der Waals surface area (Å²) in [5.41, 5.74) is 1.97. The van der Waals surface area contributed by atoms with Crippen LogP contribution in [0.2, 0.25) is 0 Å². The van der Waals surface area contributed by atoms with E-state index in [1.165, 1.54) is 12.4 Å². The molecule has 0 saturated heterocycles. The number of ether oxygens (including phenoxy) is 1. The molecular weight excluding hydrogens is 516 g/mol. The smallest absolute Gasteiger partial charge is 0.256 e. The monoisotopic (exact) mass is 546 g/mol. The van der Waals surface area contributed by atoms with Crippen LogP contribution in [0.5, 0.6) is 5.75 Å². The van der Waals surface area contributed by atoms with E-state index < -0.39 is 10.0 Å². The third-order valence-corrected chi connectivity index (χ3v) is 8.21. The standard InChI is InChI=1S/C27H30N8O3S/c1-5-19(4)38-24-12-26(29-14-21(24)7-6-20-13-30-34(16-20)18(2)3)32-25-10-11-28-27(33-25)22-15-31-35(17-22)39(36,37)23-8-9-23/h10-19,23H,5,8-9H2,1-4H3,(H,28,29,32,33). The van der Waals surface area contributed by atoms with Crippen molar-refractivity contribution in [2.75, 3.05) is 5.32 Å². The van der Waals surface area contributed by atoms with Gasteiger partial charge in [0.05, 0.1) is 46.6 Å². The molecule has 4 heterocycles. The first-order valence-electron chi connectivity index (χ1n) is 12.8. The Morgan fingerprint density at radius 2 is 1.90 bits per heavy atom. The van der Waals surface area contributed by atoms with E-state index in [0.717, 1.165) is 16.1 Å². The summed E-state index contributed by atoms with van der Waals surface area (Å²) in [6.07, 6.45) is 11.9. The molecule has 0 radical (unpaired) electrons. The lowest BCUT2D eigenvalue weighted by Crippen LogP contribution is -2.17. The molecule has 12 heteroatoms. The molecule has 4 aromatic heterocycles. The second-order valence-corrected chi connectivity index (χ2v) is 11.8. The van der Waals surface area contributed by atoms with Gasteiger partial charge < -0.3 is 10.1 Å². The number of nitrogens with zero attached hydrogens (tertiary/aromatic N) is 7. The van der Waals surface area contributed by atoms with Crippen molar-refractivity contribution in [1.29, 1.82) is 0 Å². The van der Waals surface area contributed by atoms with Crippen LogP contribution in [0, 0.1) is 11.8 Å². The molecular formula is C27H30N8O3S. The Kier molecular flexibility index (Phi) is 7.34. The Balaban J connectivity index is 1.38. The summed E-state index contributed by atoms with van der Waals surface area (Å²) in [5, 5.41) is 11.2. The molecule has 0 aliphatic heterocycles. The van der Waals surface area contributed by atoms with Crippen molar-refractivity contribution < 1.29 is 13.2 Å². The van der Waals surface area contributed by atoms with Gasteiger partial charge in [0.25, 0.3) is 10.0 Å². The minimum Gasteiger partial charge on any atom is -0.489 e. The highest BCUT2D eigenvalue weighted by Crippen LogP contribution is 2.30. The third kappa shape index (κ3) is 6.09. The van der Waals surface area contributed by atoms with Crippen molar-refractivity contribution in [3.63, 3.8) is 0 Å². The Morgan fingerprint density at radius 3 is 2.62 bits per heavy atom. The van der Waals surface area contributed by atoms with E-state index in [2.05, 4.69) is 63.1 Å². The molecule has 0 bridgehead atoms. The van der Waals surface area contributed by atoms with Crippen molar-refractivity contribution in [1.82, 2.24) is 33.9 Å². The third-order valence-electron chi connectivity index (χ3n) is 6.18. The summed E-state index contributed by atoms with van der Waals surface area (Å²) in [4.78, 5) is 13.3. The second-order valence-electron chi connectivity index (χ2n) is 9.69. The van der Waals surface area contributed by atoms with Crippen LogP contribution in [-0.4, -0.2) is 53.7 Å². The van der Waals surface area contributed by atoms with E-state index in [1.54, 1.807) is 30.7 Å². The lowest BCUT2D eigenvalue weighted by Gasteiger charge is -2.15. The summed E-state index contributed by atoms with van der Waals surface area (Å²) in [5.74, 6) is 8.25. The first-order valence-corrected chi connectivity index (χ1v) is 14.4. The van der Waals surface area contributed by atoms with Crippen molar-refractivity contribution in [3.8, 4) is 29.0 Å². The molecule has 39 heavy (non-hydrogen) atoms. The molecule has 5 rings (SSSR count). The zero-order chi connectivity index (χ0) is 27.6. The second kappa shape index (κ2) is 10.9. The first-order chi connectivity index (χ1) is 18.7. The molecule has 1 aliphatic carbocycles. The molecule has 11 nitrogen and oxygen atoms in total. The summed E-state index contributed by atoms with van der Waals surface area (Å²) in [6, 6.07) is 3.74. The summed E-state index contributed by atoms with van der Waals surface area (Å²) in [6.45, 7) is 8.17. The molecule has 1 saturated carbocycles. The van der Waals surface area contributed by atoms with Gasteiger partial charge in [-0.1, -0.05) is 18.8 Å². The van der Waals surface area contributed by atoms with Crippen molar-refractivity contribution in [2.45, 2.75) is 64.4 Å². The summed E-state index contributed by atoms with van der Waals surface area (Å²) < 4.78 is 34.0. The predicted octanol–water partition coefficient (Wildman–Crippen LogP) is 4.17. The van der Waals surface area contributed by atoms with Crippen LogP contribution in [0.1, 0.15) is 64.1 Å². The molecule has 1 atom stereocenters. The first kappa shape index (κ1) is 26.4. The van der Waals surface area contributed by atoms with Gasteiger partial charge in [-0.05, 0) is 46.1 Å². The number of hydrogen-bond acceptors (Lipinski definition) is 9. The van der Waals surface area contributed by atoms with Crippen LogP contribution in [-0.2, 0) is 10.0 Å². The molecule has 1 N–H and O–H groups in total. The lowest BCUT2D eigenvalue weighted by atomic mass is 10.2. The van der Waals surface area contributed by atoms with E-state index in [1.807, 2.05) is 17.8 Å². The van der Waals surface area contributed by atoms with Crippen LogP contribution < -0.4 is 10.1 Å². The van der Waals surface area contributed by atoms with Gasteiger partial charge >= 0.3 is 0 Å². The fraction of sp³-hybridized carbons (Fsp3) is 0.370. The van der Waals surface area contributed by atoms with E-state index in [4.69, 9.17) is 4.74 Å². The normalized spacial score (nSPS) is 14.1. The van der Waals surface area contributed by atoms with Gasteiger partial charge in [-0.2, -0.15) is 14.3 Å². The Hall–Kier alpha value is -4.24. The molecule has 4 aromatic rings. The number of aromatic nitrogens is 7. The Labute approximate surface area is 227 Å². The fourth-order valence-corrected chi connectivity index (χ4v) is 5.07. The lowest BCUT2D eigenvalue weighted by molar-refractivity contribution is 0.217. The van der Waals surface area contributed by atoms with Crippen LogP contribution in [0.3, 0.4) is 0 Å². The quantitative estimate of drug-likeness (QED) is 0.307. The van der Waals surface area contributed by atoms with Crippen LogP contribution in [0.25, 0.3) is 11.4 Å². The summed E-state index contributed by atoms with van der Waals surface area (Å²) in [7, 11) is -3.46. The molecule has 0 amide bonds. The molecule has 1 aliphatic rings. The zero-order valence-corrected chi connectivity index (χ0v) is 23.1. The number of hydrogen-bond donors (Lipinski definition) is 1. The average molecular weight is 547 g/mol. The minimum atomic E-state index is -3.46. The fourth-order valence-electron chi connectivity index (χ4n) is 3.60. The maximum absolute atomic E-state index is 12.5. The highest BCUT2D eigenvalue weighted by molar-refractivity contribution is 7.90. The van der Waals surface area contributed by atoms with Gasteiger partial charge in [0.15, 0.2) is 5.82 Å². The number of rotatable bonds is 9. The van der Waals surface area contributed by atoms with Crippen LogP contribution >= 0.6 is 0 Å². The molecule has 1 fully saturated rings.